The van der Waals surface area contributed by atoms with Crippen LogP contribution in [0, 0.1) is 29.8 Å². The Morgan fingerprint density at radius 3 is 2.38 bits per heavy atom. The lowest BCUT2D eigenvalue weighted by atomic mass is 10.1. The number of nitrogens with zero attached hydrogens (tertiary/aromatic N) is 1. The molecule has 0 radical (unpaired) electrons. The van der Waals surface area contributed by atoms with Crippen molar-refractivity contribution in [3.63, 3.8) is 0 Å². The third kappa shape index (κ3) is 3.05. The summed E-state index contributed by atoms with van der Waals surface area (Å²) in [5, 5.41) is 13.5. The first kappa shape index (κ1) is 14.6. The lowest BCUT2D eigenvalue weighted by Gasteiger charge is -2.11. The minimum atomic E-state index is -0.710. The standard InChI is InChI=1S/C15H13FN2O3/c1-9-4-3-5-10(2)14(9)17-15(19)12-8-11(16)6-7-13(12)18(20)21/h3-8H,1-2H3,(H,17,19). The zero-order valence-corrected chi connectivity index (χ0v) is 11.5. The number of nitro groups is 1. The molecule has 1 amide bonds. The van der Waals surface area contributed by atoms with Crippen LogP contribution in [-0.2, 0) is 0 Å². The van der Waals surface area contributed by atoms with Gasteiger partial charge >= 0.3 is 0 Å². The Bertz CT molecular complexity index is 709. The second kappa shape index (κ2) is 5.70. The number of nitro benzene ring substituents is 1. The van der Waals surface area contributed by atoms with E-state index in [4.69, 9.17) is 0 Å². The van der Waals surface area contributed by atoms with Gasteiger partial charge in [-0.15, -0.1) is 0 Å². The van der Waals surface area contributed by atoms with E-state index in [-0.39, 0.29) is 5.56 Å². The number of rotatable bonds is 3. The molecule has 0 aromatic heterocycles. The molecule has 0 aliphatic heterocycles. The number of benzene rings is 2. The third-order valence-electron chi connectivity index (χ3n) is 3.12. The number of halogens is 1. The lowest BCUT2D eigenvalue weighted by Crippen LogP contribution is -2.15. The number of carbonyl (C=O) groups excluding carboxylic acids is 1. The Morgan fingerprint density at radius 1 is 1.19 bits per heavy atom. The van der Waals surface area contributed by atoms with Gasteiger partial charge in [-0.2, -0.15) is 0 Å². The van der Waals surface area contributed by atoms with Gasteiger partial charge in [0.05, 0.1) is 4.92 Å². The van der Waals surface area contributed by atoms with Gasteiger partial charge < -0.3 is 5.32 Å². The molecule has 0 fully saturated rings. The summed E-state index contributed by atoms with van der Waals surface area (Å²) in [6.07, 6.45) is 0. The summed E-state index contributed by atoms with van der Waals surface area (Å²) in [5.41, 5.74) is 1.48. The van der Waals surface area contributed by atoms with Gasteiger partial charge in [-0.1, -0.05) is 18.2 Å². The molecule has 1 N–H and O–H groups in total. The maximum Gasteiger partial charge on any atom is 0.282 e. The molecule has 0 heterocycles. The summed E-state index contributed by atoms with van der Waals surface area (Å²) in [6, 6.07) is 8.25. The van der Waals surface area contributed by atoms with E-state index in [9.17, 15) is 19.3 Å². The molecule has 21 heavy (non-hydrogen) atoms. The van der Waals surface area contributed by atoms with E-state index in [0.29, 0.717) is 5.69 Å². The molecule has 2 aromatic carbocycles. The van der Waals surface area contributed by atoms with Gasteiger partial charge in [-0.3, -0.25) is 14.9 Å². The van der Waals surface area contributed by atoms with E-state index in [1.54, 1.807) is 0 Å². The number of hydrogen-bond acceptors (Lipinski definition) is 3. The fourth-order valence-corrected chi connectivity index (χ4v) is 2.04. The Hall–Kier alpha value is -2.76. The Kier molecular flexibility index (Phi) is 3.98. The fourth-order valence-electron chi connectivity index (χ4n) is 2.04. The fraction of sp³-hybridized carbons (Fsp3) is 0.133. The topological polar surface area (TPSA) is 72.2 Å². The normalized spacial score (nSPS) is 10.2. The Morgan fingerprint density at radius 2 is 1.81 bits per heavy atom. The summed E-state index contributed by atoms with van der Waals surface area (Å²) in [5.74, 6) is -1.41. The van der Waals surface area contributed by atoms with Crippen LogP contribution in [0.2, 0.25) is 0 Å². The van der Waals surface area contributed by atoms with Crippen molar-refractivity contribution in [2.45, 2.75) is 13.8 Å². The largest absolute Gasteiger partial charge is 0.321 e. The monoisotopic (exact) mass is 288 g/mol. The van der Waals surface area contributed by atoms with Crippen LogP contribution in [0.5, 0.6) is 0 Å². The van der Waals surface area contributed by atoms with Crippen molar-refractivity contribution in [1.29, 1.82) is 0 Å². The number of para-hydroxylation sites is 1. The molecular weight excluding hydrogens is 275 g/mol. The maximum atomic E-state index is 13.3. The average molecular weight is 288 g/mol. The molecule has 0 spiro atoms. The molecule has 0 aliphatic rings. The number of aryl methyl sites for hydroxylation is 2. The average Bonchev–Trinajstić information content (AvgIpc) is 2.42. The van der Waals surface area contributed by atoms with Crippen molar-refractivity contribution >= 4 is 17.3 Å². The van der Waals surface area contributed by atoms with Gasteiger partial charge in [-0.05, 0) is 37.1 Å². The summed E-state index contributed by atoms with van der Waals surface area (Å²) < 4.78 is 13.3. The zero-order chi connectivity index (χ0) is 15.6. The zero-order valence-electron chi connectivity index (χ0n) is 11.5. The number of amides is 1. The first-order valence-electron chi connectivity index (χ1n) is 6.21. The highest BCUT2D eigenvalue weighted by Crippen LogP contribution is 2.24. The van der Waals surface area contributed by atoms with E-state index < -0.39 is 22.3 Å². The molecule has 108 valence electrons. The second-order valence-electron chi connectivity index (χ2n) is 4.64. The van der Waals surface area contributed by atoms with E-state index in [0.717, 1.165) is 29.3 Å². The van der Waals surface area contributed by atoms with Crippen LogP contribution in [0.15, 0.2) is 36.4 Å². The summed E-state index contributed by atoms with van der Waals surface area (Å²) in [6.45, 7) is 3.62. The quantitative estimate of drug-likeness (QED) is 0.692. The van der Waals surface area contributed by atoms with Crippen molar-refractivity contribution in [2.75, 3.05) is 5.32 Å². The highest BCUT2D eigenvalue weighted by molar-refractivity contribution is 6.07. The minimum Gasteiger partial charge on any atom is -0.321 e. The second-order valence-corrected chi connectivity index (χ2v) is 4.64. The number of hydrogen-bond donors (Lipinski definition) is 1. The maximum absolute atomic E-state index is 13.3. The first-order chi connectivity index (χ1) is 9.90. The van der Waals surface area contributed by atoms with Gasteiger partial charge in [-0.25, -0.2) is 4.39 Å². The molecule has 2 aromatic rings. The number of anilines is 1. The molecule has 0 bridgehead atoms. The minimum absolute atomic E-state index is 0.303. The Labute approximate surface area is 120 Å². The summed E-state index contributed by atoms with van der Waals surface area (Å²) >= 11 is 0. The highest BCUT2D eigenvalue weighted by Gasteiger charge is 2.21. The van der Waals surface area contributed by atoms with Crippen LogP contribution in [0.25, 0.3) is 0 Å². The van der Waals surface area contributed by atoms with Crippen LogP contribution in [0.1, 0.15) is 21.5 Å². The molecule has 6 heteroatoms. The molecule has 0 saturated heterocycles. The van der Waals surface area contributed by atoms with Gasteiger partial charge in [0, 0.05) is 11.8 Å². The molecule has 0 aliphatic carbocycles. The molecule has 0 saturated carbocycles. The van der Waals surface area contributed by atoms with Gasteiger partial charge in [0.2, 0.25) is 0 Å². The van der Waals surface area contributed by atoms with Crippen molar-refractivity contribution in [1.82, 2.24) is 0 Å². The van der Waals surface area contributed by atoms with Crippen LogP contribution >= 0.6 is 0 Å². The van der Waals surface area contributed by atoms with E-state index in [1.165, 1.54) is 0 Å². The van der Waals surface area contributed by atoms with Gasteiger partial charge in [0.1, 0.15) is 11.4 Å². The van der Waals surface area contributed by atoms with Crippen molar-refractivity contribution < 1.29 is 14.1 Å². The van der Waals surface area contributed by atoms with Crippen molar-refractivity contribution in [3.05, 3.63) is 69.0 Å². The van der Waals surface area contributed by atoms with Crippen LogP contribution in [0.3, 0.4) is 0 Å². The Balaban J connectivity index is 2.41. The van der Waals surface area contributed by atoms with E-state index in [1.807, 2.05) is 32.0 Å². The summed E-state index contributed by atoms with van der Waals surface area (Å²) in [4.78, 5) is 22.4. The van der Waals surface area contributed by atoms with Gasteiger partial charge in [0.25, 0.3) is 11.6 Å². The van der Waals surface area contributed by atoms with Crippen LogP contribution < -0.4 is 5.32 Å². The molecule has 2 rings (SSSR count). The van der Waals surface area contributed by atoms with Crippen molar-refractivity contribution in [2.24, 2.45) is 0 Å². The van der Waals surface area contributed by atoms with Gasteiger partial charge in [0.15, 0.2) is 0 Å². The van der Waals surface area contributed by atoms with Crippen LogP contribution in [-0.4, -0.2) is 10.8 Å². The molecule has 5 nitrogen and oxygen atoms in total. The third-order valence-corrected chi connectivity index (χ3v) is 3.12. The predicted molar refractivity (Wildman–Crippen MR) is 76.9 cm³/mol. The lowest BCUT2D eigenvalue weighted by molar-refractivity contribution is -0.385. The van der Waals surface area contributed by atoms with Crippen molar-refractivity contribution in [3.8, 4) is 0 Å². The number of carbonyl (C=O) groups is 1. The SMILES string of the molecule is Cc1cccc(C)c1NC(=O)c1cc(F)ccc1[N+](=O)[O-]. The molecule has 0 unspecified atom stereocenters. The van der Waals surface area contributed by atoms with E-state index >= 15 is 0 Å². The smallest absolute Gasteiger partial charge is 0.282 e. The molecular formula is C15H13FN2O3. The number of nitrogens with one attached hydrogen (secondary N) is 1. The van der Waals surface area contributed by atoms with E-state index in [2.05, 4.69) is 5.32 Å². The first-order valence-corrected chi connectivity index (χ1v) is 6.21. The highest BCUT2D eigenvalue weighted by atomic mass is 19.1. The predicted octanol–water partition coefficient (Wildman–Crippen LogP) is 3.60. The van der Waals surface area contributed by atoms with Crippen LogP contribution in [0.4, 0.5) is 15.8 Å². The molecule has 0 atom stereocenters. The summed E-state index contributed by atoms with van der Waals surface area (Å²) in [7, 11) is 0.